The van der Waals surface area contributed by atoms with Gasteiger partial charge in [-0.2, -0.15) is 0 Å². The van der Waals surface area contributed by atoms with E-state index in [1.54, 1.807) is 18.2 Å². The summed E-state index contributed by atoms with van der Waals surface area (Å²) in [6.07, 6.45) is 0. The average molecular weight is 322 g/mol. The predicted molar refractivity (Wildman–Crippen MR) is 79.4 cm³/mol. The Balaban J connectivity index is 2.69. The molecular formula is C14H14N2O5S. The summed E-state index contributed by atoms with van der Waals surface area (Å²) in [6, 6.07) is 8.78. The molecule has 0 saturated heterocycles. The van der Waals surface area contributed by atoms with E-state index in [9.17, 15) is 18.0 Å². The fourth-order valence-corrected chi connectivity index (χ4v) is 3.51. The molecule has 1 aromatic carbocycles. The highest BCUT2D eigenvalue weighted by Crippen LogP contribution is 2.24. The Bertz CT molecular complexity index is 885. The number of carbonyl (C=O) groups is 1. The van der Waals surface area contributed by atoms with E-state index in [4.69, 9.17) is 10.8 Å². The molecule has 0 amide bonds. The van der Waals surface area contributed by atoms with E-state index in [0.717, 1.165) is 4.57 Å². The van der Waals surface area contributed by atoms with E-state index in [1.807, 2.05) is 0 Å². The van der Waals surface area contributed by atoms with E-state index in [0.29, 0.717) is 0 Å². The Hall–Kier alpha value is -2.61. The predicted octanol–water partition coefficient (Wildman–Crippen LogP) is 0.656. The van der Waals surface area contributed by atoms with Crippen LogP contribution in [0.5, 0.6) is 0 Å². The summed E-state index contributed by atoms with van der Waals surface area (Å²) < 4.78 is 26.0. The van der Waals surface area contributed by atoms with Crippen molar-refractivity contribution in [3.63, 3.8) is 0 Å². The van der Waals surface area contributed by atoms with E-state index in [-0.39, 0.29) is 15.5 Å². The Morgan fingerprint density at radius 3 is 2.41 bits per heavy atom. The van der Waals surface area contributed by atoms with Crippen molar-refractivity contribution >= 4 is 21.5 Å². The SMILES string of the molecule is Cc1cc(S(=O)(=O)c2ccccc2)c(N)c(=O)n1CC(=O)O. The third kappa shape index (κ3) is 2.73. The molecular weight excluding hydrogens is 308 g/mol. The van der Waals surface area contributed by atoms with Gasteiger partial charge in [0.2, 0.25) is 9.84 Å². The summed E-state index contributed by atoms with van der Waals surface area (Å²) in [5, 5.41) is 8.80. The van der Waals surface area contributed by atoms with E-state index in [2.05, 4.69) is 0 Å². The number of aryl methyl sites for hydroxylation is 1. The fraction of sp³-hybridized carbons (Fsp3) is 0.143. The van der Waals surface area contributed by atoms with E-state index >= 15 is 0 Å². The second-order valence-electron chi connectivity index (χ2n) is 4.67. The van der Waals surface area contributed by atoms with Crippen molar-refractivity contribution in [2.75, 3.05) is 5.73 Å². The number of pyridine rings is 1. The van der Waals surface area contributed by atoms with E-state index < -0.39 is 33.6 Å². The first-order chi connectivity index (χ1) is 10.2. The molecule has 7 nitrogen and oxygen atoms in total. The minimum absolute atomic E-state index is 0.0106. The maximum absolute atomic E-state index is 12.5. The van der Waals surface area contributed by atoms with Gasteiger partial charge in [0, 0.05) is 5.69 Å². The summed E-state index contributed by atoms with van der Waals surface area (Å²) in [4.78, 5) is 22.6. The van der Waals surface area contributed by atoms with Crippen LogP contribution >= 0.6 is 0 Å². The van der Waals surface area contributed by atoms with Crippen LogP contribution in [-0.2, 0) is 21.2 Å². The standard InChI is InChI=1S/C14H14N2O5S/c1-9-7-11(13(15)14(19)16(9)8-12(17)18)22(20,21)10-5-3-2-4-6-10/h2-7H,8,15H2,1H3,(H,17,18). The van der Waals surface area contributed by atoms with Gasteiger partial charge in [0.05, 0.1) is 4.90 Å². The highest BCUT2D eigenvalue weighted by atomic mass is 32.2. The topological polar surface area (TPSA) is 119 Å². The first kappa shape index (κ1) is 15.8. The minimum Gasteiger partial charge on any atom is -0.480 e. The Morgan fingerprint density at radius 1 is 1.27 bits per heavy atom. The molecule has 2 rings (SSSR count). The quantitative estimate of drug-likeness (QED) is 0.853. The monoisotopic (exact) mass is 322 g/mol. The number of rotatable bonds is 4. The first-order valence-electron chi connectivity index (χ1n) is 6.27. The van der Waals surface area contributed by atoms with Crippen LogP contribution in [-0.4, -0.2) is 24.1 Å². The number of nitrogen functional groups attached to an aromatic ring is 1. The number of aromatic nitrogens is 1. The van der Waals surface area contributed by atoms with Crippen molar-refractivity contribution in [3.8, 4) is 0 Å². The maximum Gasteiger partial charge on any atom is 0.323 e. The molecule has 22 heavy (non-hydrogen) atoms. The zero-order valence-electron chi connectivity index (χ0n) is 11.7. The molecule has 3 N–H and O–H groups in total. The molecule has 0 aliphatic rings. The van der Waals surface area contributed by atoms with E-state index in [1.165, 1.54) is 25.1 Å². The molecule has 0 aliphatic heterocycles. The molecule has 0 unspecified atom stereocenters. The number of nitrogens with zero attached hydrogens (tertiary/aromatic N) is 1. The van der Waals surface area contributed by atoms with Gasteiger partial charge in [-0.25, -0.2) is 8.42 Å². The highest BCUT2D eigenvalue weighted by Gasteiger charge is 2.24. The van der Waals surface area contributed by atoms with Gasteiger partial charge in [-0.15, -0.1) is 0 Å². The van der Waals surface area contributed by atoms with Crippen LogP contribution in [0.25, 0.3) is 0 Å². The zero-order chi connectivity index (χ0) is 16.5. The lowest BCUT2D eigenvalue weighted by atomic mass is 10.3. The van der Waals surface area contributed by atoms with Crippen LogP contribution in [0.15, 0.2) is 51.0 Å². The molecule has 0 fully saturated rings. The molecule has 1 aromatic heterocycles. The summed E-state index contributed by atoms with van der Waals surface area (Å²) in [5.41, 5.74) is 4.52. The van der Waals surface area contributed by atoms with Crippen LogP contribution in [0.2, 0.25) is 0 Å². The van der Waals surface area contributed by atoms with Crippen molar-refractivity contribution in [2.24, 2.45) is 0 Å². The van der Waals surface area contributed by atoms with Crippen molar-refractivity contribution in [2.45, 2.75) is 23.3 Å². The third-order valence-electron chi connectivity index (χ3n) is 3.14. The largest absolute Gasteiger partial charge is 0.480 e. The number of anilines is 1. The number of aliphatic carboxylic acids is 1. The normalized spacial score (nSPS) is 11.3. The molecule has 0 saturated carbocycles. The van der Waals surface area contributed by atoms with Crippen molar-refractivity contribution in [1.29, 1.82) is 0 Å². The smallest absolute Gasteiger partial charge is 0.323 e. The fourth-order valence-electron chi connectivity index (χ4n) is 2.04. The average Bonchev–Trinajstić information content (AvgIpc) is 2.48. The van der Waals surface area contributed by atoms with Crippen LogP contribution < -0.4 is 11.3 Å². The molecule has 0 atom stereocenters. The van der Waals surface area contributed by atoms with Gasteiger partial charge in [0.1, 0.15) is 17.1 Å². The number of hydrogen-bond acceptors (Lipinski definition) is 5. The molecule has 0 spiro atoms. The second kappa shape index (κ2) is 5.64. The number of benzene rings is 1. The van der Waals surface area contributed by atoms with Crippen LogP contribution in [0.4, 0.5) is 5.69 Å². The van der Waals surface area contributed by atoms with Crippen LogP contribution in [0, 0.1) is 6.92 Å². The van der Waals surface area contributed by atoms with Gasteiger partial charge in [-0.3, -0.25) is 14.2 Å². The summed E-state index contributed by atoms with van der Waals surface area (Å²) in [7, 11) is -3.95. The Labute approximate surface area is 126 Å². The zero-order valence-corrected chi connectivity index (χ0v) is 12.5. The van der Waals surface area contributed by atoms with Gasteiger partial charge in [-0.05, 0) is 25.1 Å². The molecule has 0 bridgehead atoms. The molecule has 1 heterocycles. The number of nitrogens with two attached hydrogens (primary N) is 1. The molecule has 116 valence electrons. The van der Waals surface area contributed by atoms with Crippen LogP contribution in [0.1, 0.15) is 5.69 Å². The van der Waals surface area contributed by atoms with Crippen LogP contribution in [0.3, 0.4) is 0 Å². The lowest BCUT2D eigenvalue weighted by Crippen LogP contribution is -2.29. The molecule has 0 aliphatic carbocycles. The second-order valence-corrected chi connectivity index (χ2v) is 6.58. The van der Waals surface area contributed by atoms with Gasteiger partial charge < -0.3 is 10.8 Å². The summed E-state index contributed by atoms with van der Waals surface area (Å²) in [6.45, 7) is 0.869. The highest BCUT2D eigenvalue weighted by molar-refractivity contribution is 7.91. The molecule has 0 radical (unpaired) electrons. The van der Waals surface area contributed by atoms with Crippen molar-refractivity contribution < 1.29 is 18.3 Å². The Morgan fingerprint density at radius 2 is 1.86 bits per heavy atom. The van der Waals surface area contributed by atoms with Gasteiger partial charge in [0.25, 0.3) is 5.56 Å². The minimum atomic E-state index is -3.95. The van der Waals surface area contributed by atoms with Crippen molar-refractivity contribution in [1.82, 2.24) is 4.57 Å². The number of sulfone groups is 1. The number of carboxylic acid groups (broad SMARTS) is 1. The lowest BCUT2D eigenvalue weighted by Gasteiger charge is -2.13. The number of hydrogen-bond donors (Lipinski definition) is 2. The summed E-state index contributed by atoms with van der Waals surface area (Å²) >= 11 is 0. The van der Waals surface area contributed by atoms with Gasteiger partial charge in [-0.1, -0.05) is 18.2 Å². The Kier molecular flexibility index (Phi) is 4.05. The van der Waals surface area contributed by atoms with Crippen molar-refractivity contribution in [3.05, 3.63) is 52.4 Å². The molecule has 2 aromatic rings. The first-order valence-corrected chi connectivity index (χ1v) is 7.75. The lowest BCUT2D eigenvalue weighted by molar-refractivity contribution is -0.137. The maximum atomic E-state index is 12.5. The number of carboxylic acids is 1. The van der Waals surface area contributed by atoms with Gasteiger partial charge >= 0.3 is 5.97 Å². The third-order valence-corrected chi connectivity index (χ3v) is 4.95. The molecule has 8 heteroatoms. The van der Waals surface area contributed by atoms with Gasteiger partial charge in [0.15, 0.2) is 0 Å². The summed E-state index contributed by atoms with van der Waals surface area (Å²) in [5.74, 6) is -1.22.